The van der Waals surface area contributed by atoms with Crippen molar-refractivity contribution < 1.29 is 14.1 Å². The van der Waals surface area contributed by atoms with Gasteiger partial charge in [0.2, 0.25) is 0 Å². The second kappa shape index (κ2) is 5.81. The van der Waals surface area contributed by atoms with Gasteiger partial charge in [0.25, 0.3) is 0 Å². The molecule has 0 bridgehead atoms. The van der Waals surface area contributed by atoms with Crippen LogP contribution in [-0.2, 0) is 6.42 Å². The topological polar surface area (TPSA) is 65.3 Å². The van der Waals surface area contributed by atoms with Gasteiger partial charge in [0.1, 0.15) is 10.7 Å². The number of hydrogen-bond donors (Lipinski definition) is 0. The van der Waals surface area contributed by atoms with Gasteiger partial charge in [-0.3, -0.25) is 10.1 Å². The summed E-state index contributed by atoms with van der Waals surface area (Å²) in [6.45, 7) is 3.83. The number of fused-ring (bicyclic) bond motifs is 1. The van der Waals surface area contributed by atoms with Gasteiger partial charge in [-0.2, -0.15) is 0 Å². The van der Waals surface area contributed by atoms with Gasteiger partial charge in [0.05, 0.1) is 17.5 Å². The smallest absolute Gasteiger partial charge is 0.309 e. The van der Waals surface area contributed by atoms with Crippen molar-refractivity contribution in [1.29, 1.82) is 0 Å². The molecule has 1 heterocycles. The highest BCUT2D eigenvalue weighted by Crippen LogP contribution is 2.37. The van der Waals surface area contributed by atoms with Crippen LogP contribution in [-0.4, -0.2) is 17.0 Å². The van der Waals surface area contributed by atoms with Crippen molar-refractivity contribution in [2.24, 2.45) is 5.92 Å². The molecule has 112 valence electrons. The summed E-state index contributed by atoms with van der Waals surface area (Å²) in [7, 11) is 1.31. The second-order valence-electron chi connectivity index (χ2n) is 5.08. The number of benzene rings is 1. The van der Waals surface area contributed by atoms with E-state index in [0.717, 1.165) is 0 Å². The van der Waals surface area contributed by atoms with E-state index in [1.54, 1.807) is 0 Å². The van der Waals surface area contributed by atoms with Crippen molar-refractivity contribution in [2.75, 3.05) is 7.11 Å². The largest absolute Gasteiger partial charge is 0.494 e. The van der Waals surface area contributed by atoms with Crippen LogP contribution in [0, 0.1) is 21.8 Å². The van der Waals surface area contributed by atoms with E-state index in [-0.39, 0.29) is 33.6 Å². The monoisotopic (exact) mass is 312 g/mol. The molecular formula is C14H14ClFN2O3. The van der Waals surface area contributed by atoms with Gasteiger partial charge in [-0.05, 0) is 18.4 Å². The SMILES string of the molecule is COc1cc2c(Cl)c([N+](=O)[O-])c(CC(C)C)nc2cc1F. The summed E-state index contributed by atoms with van der Waals surface area (Å²) in [5.74, 6) is -0.456. The molecule has 0 aliphatic heterocycles. The van der Waals surface area contributed by atoms with Crippen LogP contribution in [0.25, 0.3) is 10.9 Å². The minimum absolute atomic E-state index is 0.0305. The average Bonchev–Trinajstić information content (AvgIpc) is 2.36. The number of nitrogens with zero attached hydrogens (tertiary/aromatic N) is 2. The third-order valence-electron chi connectivity index (χ3n) is 3.03. The lowest BCUT2D eigenvalue weighted by atomic mass is 10.0. The molecule has 2 aromatic rings. The molecule has 0 spiro atoms. The zero-order chi connectivity index (χ0) is 15.7. The van der Waals surface area contributed by atoms with Crippen LogP contribution < -0.4 is 4.74 Å². The first kappa shape index (κ1) is 15.4. The van der Waals surface area contributed by atoms with Gasteiger partial charge in [0.15, 0.2) is 11.6 Å². The molecule has 5 nitrogen and oxygen atoms in total. The highest BCUT2D eigenvalue weighted by Gasteiger charge is 2.25. The Balaban J connectivity index is 2.80. The normalized spacial score (nSPS) is 11.1. The van der Waals surface area contributed by atoms with E-state index < -0.39 is 10.7 Å². The first-order chi connectivity index (χ1) is 9.85. The maximum atomic E-state index is 13.8. The molecule has 1 aromatic carbocycles. The molecule has 0 saturated carbocycles. The Hall–Kier alpha value is -1.95. The van der Waals surface area contributed by atoms with Crippen LogP contribution in [0.4, 0.5) is 10.1 Å². The Morgan fingerprint density at radius 3 is 2.67 bits per heavy atom. The Kier molecular flexibility index (Phi) is 4.27. The summed E-state index contributed by atoms with van der Waals surface area (Å²) < 4.78 is 18.6. The lowest BCUT2D eigenvalue weighted by Crippen LogP contribution is -2.05. The number of ether oxygens (including phenoxy) is 1. The third kappa shape index (κ3) is 2.90. The van der Waals surface area contributed by atoms with E-state index in [1.165, 1.54) is 19.2 Å². The van der Waals surface area contributed by atoms with Crippen LogP contribution in [0.1, 0.15) is 19.5 Å². The maximum absolute atomic E-state index is 13.8. The number of nitro groups is 1. The van der Waals surface area contributed by atoms with E-state index in [9.17, 15) is 14.5 Å². The zero-order valence-electron chi connectivity index (χ0n) is 11.8. The van der Waals surface area contributed by atoms with Crippen molar-refractivity contribution in [3.8, 4) is 5.75 Å². The fourth-order valence-corrected chi connectivity index (χ4v) is 2.46. The molecule has 0 saturated heterocycles. The van der Waals surface area contributed by atoms with Gasteiger partial charge in [0, 0.05) is 11.5 Å². The Morgan fingerprint density at radius 2 is 2.14 bits per heavy atom. The molecular weight excluding hydrogens is 299 g/mol. The van der Waals surface area contributed by atoms with Crippen molar-refractivity contribution in [2.45, 2.75) is 20.3 Å². The number of pyridine rings is 1. The molecule has 21 heavy (non-hydrogen) atoms. The summed E-state index contributed by atoms with van der Waals surface area (Å²) in [6, 6.07) is 2.50. The number of halogens is 2. The Morgan fingerprint density at radius 1 is 1.48 bits per heavy atom. The van der Waals surface area contributed by atoms with E-state index in [1.807, 2.05) is 13.8 Å². The van der Waals surface area contributed by atoms with Crippen molar-refractivity contribution in [1.82, 2.24) is 4.98 Å². The number of methoxy groups -OCH3 is 1. The molecule has 0 amide bonds. The van der Waals surface area contributed by atoms with Crippen molar-refractivity contribution >= 4 is 28.2 Å². The molecule has 0 fully saturated rings. The highest BCUT2D eigenvalue weighted by atomic mass is 35.5. The standard InChI is InChI=1S/C14H14ClFN2O3/c1-7(2)4-11-14(18(19)20)13(15)8-5-12(21-3)9(16)6-10(8)17-11/h5-7H,4H2,1-3H3. The van der Waals surface area contributed by atoms with E-state index >= 15 is 0 Å². The van der Waals surface area contributed by atoms with Gasteiger partial charge < -0.3 is 4.74 Å². The minimum Gasteiger partial charge on any atom is -0.494 e. The summed E-state index contributed by atoms with van der Waals surface area (Å²) in [6.07, 6.45) is 0.389. The van der Waals surface area contributed by atoms with Crippen LogP contribution in [0.2, 0.25) is 5.02 Å². The minimum atomic E-state index is -0.585. The summed E-state index contributed by atoms with van der Waals surface area (Å²) >= 11 is 6.15. The van der Waals surface area contributed by atoms with Crippen LogP contribution in [0.15, 0.2) is 12.1 Å². The van der Waals surface area contributed by atoms with E-state index in [0.29, 0.717) is 11.8 Å². The molecule has 0 atom stereocenters. The number of rotatable bonds is 4. The quantitative estimate of drug-likeness (QED) is 0.628. The molecule has 0 aliphatic carbocycles. The van der Waals surface area contributed by atoms with E-state index in [2.05, 4.69) is 4.98 Å². The van der Waals surface area contributed by atoms with Gasteiger partial charge >= 0.3 is 5.69 Å². The predicted octanol–water partition coefficient (Wildman–Crippen LogP) is 4.14. The van der Waals surface area contributed by atoms with Crippen LogP contribution >= 0.6 is 11.6 Å². The van der Waals surface area contributed by atoms with Gasteiger partial charge in [-0.1, -0.05) is 25.4 Å². The lowest BCUT2D eigenvalue weighted by molar-refractivity contribution is -0.385. The van der Waals surface area contributed by atoms with Crippen molar-refractivity contribution in [3.05, 3.63) is 38.8 Å². The Labute approximate surface area is 125 Å². The summed E-state index contributed by atoms with van der Waals surface area (Å²) in [5.41, 5.74) is 0.308. The fraction of sp³-hybridized carbons (Fsp3) is 0.357. The zero-order valence-corrected chi connectivity index (χ0v) is 12.6. The number of aromatic nitrogens is 1. The van der Waals surface area contributed by atoms with Crippen LogP contribution in [0.5, 0.6) is 5.75 Å². The highest BCUT2D eigenvalue weighted by molar-refractivity contribution is 6.37. The first-order valence-electron chi connectivity index (χ1n) is 6.35. The molecule has 7 heteroatoms. The third-order valence-corrected chi connectivity index (χ3v) is 3.41. The summed E-state index contributed by atoms with van der Waals surface area (Å²) in [4.78, 5) is 14.9. The molecule has 0 unspecified atom stereocenters. The lowest BCUT2D eigenvalue weighted by Gasteiger charge is -2.10. The molecule has 2 rings (SSSR count). The molecule has 0 radical (unpaired) electrons. The Bertz CT molecular complexity index is 719. The average molecular weight is 313 g/mol. The predicted molar refractivity (Wildman–Crippen MR) is 78.5 cm³/mol. The second-order valence-corrected chi connectivity index (χ2v) is 5.46. The molecule has 0 aliphatic rings. The summed E-state index contributed by atoms with van der Waals surface area (Å²) in [5, 5.41) is 11.5. The van der Waals surface area contributed by atoms with Gasteiger partial charge in [-0.25, -0.2) is 9.37 Å². The molecule has 0 N–H and O–H groups in total. The van der Waals surface area contributed by atoms with E-state index in [4.69, 9.17) is 16.3 Å². The maximum Gasteiger partial charge on any atom is 0.309 e. The van der Waals surface area contributed by atoms with Gasteiger partial charge in [-0.15, -0.1) is 0 Å². The number of hydrogen-bond acceptors (Lipinski definition) is 4. The van der Waals surface area contributed by atoms with Crippen LogP contribution in [0.3, 0.4) is 0 Å². The first-order valence-corrected chi connectivity index (χ1v) is 6.73. The molecule has 1 aromatic heterocycles. The fourth-order valence-electron chi connectivity index (χ4n) is 2.13. The van der Waals surface area contributed by atoms with Crippen molar-refractivity contribution in [3.63, 3.8) is 0 Å².